The second kappa shape index (κ2) is 7.43. The largest absolute Gasteiger partial charge is 0.374 e. The van der Waals surface area contributed by atoms with E-state index in [1.54, 1.807) is 0 Å². The molecule has 0 saturated carbocycles. The number of ether oxygens (including phenoxy) is 2. The molecule has 1 saturated heterocycles. The van der Waals surface area contributed by atoms with Gasteiger partial charge < -0.3 is 14.6 Å². The lowest BCUT2D eigenvalue weighted by molar-refractivity contribution is -0.218. The maximum atomic E-state index is 9.93. The van der Waals surface area contributed by atoms with E-state index in [9.17, 15) is 5.11 Å². The van der Waals surface area contributed by atoms with Crippen molar-refractivity contribution in [2.75, 3.05) is 6.61 Å². The number of benzene rings is 1. The summed E-state index contributed by atoms with van der Waals surface area (Å²) in [6.45, 7) is 4.89. The molecule has 21 heavy (non-hydrogen) atoms. The van der Waals surface area contributed by atoms with E-state index in [4.69, 9.17) is 15.0 Å². The number of hydrogen-bond acceptors (Lipinski definition) is 4. The third-order valence-electron chi connectivity index (χ3n) is 4.14. The van der Waals surface area contributed by atoms with Crippen molar-refractivity contribution in [3.8, 4) is 0 Å². The van der Waals surface area contributed by atoms with Crippen LogP contribution in [0, 0.1) is 11.8 Å². The number of rotatable bonds is 5. The highest BCUT2D eigenvalue weighted by Gasteiger charge is 2.40. The second-order valence-electron chi connectivity index (χ2n) is 5.48. The fourth-order valence-electron chi connectivity index (χ4n) is 2.57. The van der Waals surface area contributed by atoms with Gasteiger partial charge in [-0.3, -0.25) is 0 Å². The minimum absolute atomic E-state index is 0.0370. The molecule has 6 heteroatoms. The Morgan fingerprint density at radius 3 is 2.67 bits per heavy atom. The van der Waals surface area contributed by atoms with E-state index < -0.39 is 12.3 Å². The highest BCUT2D eigenvalue weighted by molar-refractivity contribution is 5.13. The van der Waals surface area contributed by atoms with E-state index in [0.29, 0.717) is 13.2 Å². The molecule has 0 aliphatic carbocycles. The maximum Gasteiger partial charge on any atom is 0.163 e. The molecule has 2 rings (SSSR count). The number of aliphatic hydroxyl groups is 1. The molecule has 1 aromatic rings. The van der Waals surface area contributed by atoms with Gasteiger partial charge in [0.1, 0.15) is 0 Å². The van der Waals surface area contributed by atoms with Crippen LogP contribution in [0.1, 0.15) is 19.4 Å². The molecule has 1 fully saturated rings. The molecule has 1 aliphatic rings. The molecule has 6 nitrogen and oxygen atoms in total. The molecule has 114 valence electrons. The predicted molar refractivity (Wildman–Crippen MR) is 78.2 cm³/mol. The summed E-state index contributed by atoms with van der Waals surface area (Å²) in [6, 6.07) is 9.35. The van der Waals surface area contributed by atoms with E-state index >= 15 is 0 Å². The Kier molecular flexibility index (Phi) is 5.59. The van der Waals surface area contributed by atoms with Crippen molar-refractivity contribution in [1.29, 1.82) is 0 Å². The summed E-state index contributed by atoms with van der Waals surface area (Å²) in [7, 11) is 0. The molecule has 5 unspecified atom stereocenters. The zero-order valence-electron chi connectivity index (χ0n) is 12.3. The lowest BCUT2D eigenvalue weighted by atomic mass is 9.82. The minimum Gasteiger partial charge on any atom is -0.374 e. The number of aliphatic hydroxyl groups excluding tert-OH is 1. The summed E-state index contributed by atoms with van der Waals surface area (Å²) in [5, 5.41) is 13.6. The molecule has 1 aliphatic heterocycles. The van der Waals surface area contributed by atoms with Gasteiger partial charge in [-0.25, -0.2) is 0 Å². The maximum absolute atomic E-state index is 9.93. The van der Waals surface area contributed by atoms with Crippen LogP contribution in [0.2, 0.25) is 0 Å². The zero-order valence-corrected chi connectivity index (χ0v) is 12.3. The first kappa shape index (κ1) is 15.8. The Hall–Kier alpha value is -1.59. The van der Waals surface area contributed by atoms with Crippen LogP contribution in [0.3, 0.4) is 0 Å². The number of azide groups is 1. The normalized spacial score (nSPS) is 32.4. The summed E-state index contributed by atoms with van der Waals surface area (Å²) in [6.07, 6.45) is -1.28. The third kappa shape index (κ3) is 3.95. The van der Waals surface area contributed by atoms with Gasteiger partial charge in [-0.05, 0) is 22.9 Å². The lowest BCUT2D eigenvalue weighted by Crippen LogP contribution is -2.49. The van der Waals surface area contributed by atoms with Crippen LogP contribution in [-0.4, -0.2) is 30.1 Å². The van der Waals surface area contributed by atoms with Gasteiger partial charge in [0.25, 0.3) is 0 Å². The Labute approximate surface area is 124 Å². The Morgan fingerprint density at radius 1 is 1.29 bits per heavy atom. The van der Waals surface area contributed by atoms with Crippen molar-refractivity contribution < 1.29 is 14.6 Å². The highest BCUT2D eigenvalue weighted by Crippen LogP contribution is 2.32. The fourth-order valence-corrected chi connectivity index (χ4v) is 2.57. The van der Waals surface area contributed by atoms with Gasteiger partial charge in [0, 0.05) is 4.91 Å². The van der Waals surface area contributed by atoms with E-state index in [0.717, 1.165) is 5.56 Å². The summed E-state index contributed by atoms with van der Waals surface area (Å²) < 4.78 is 11.2. The van der Waals surface area contributed by atoms with Crippen LogP contribution in [-0.2, 0) is 16.1 Å². The van der Waals surface area contributed by atoms with Gasteiger partial charge in [-0.1, -0.05) is 49.3 Å². The van der Waals surface area contributed by atoms with Gasteiger partial charge in [0.2, 0.25) is 0 Å². The molecular weight excluding hydrogens is 270 g/mol. The van der Waals surface area contributed by atoms with Crippen molar-refractivity contribution in [1.82, 2.24) is 0 Å². The molecule has 1 heterocycles. The van der Waals surface area contributed by atoms with Crippen molar-refractivity contribution in [3.05, 3.63) is 46.3 Å². The predicted octanol–water partition coefficient (Wildman–Crippen LogP) is 2.87. The van der Waals surface area contributed by atoms with Crippen LogP contribution >= 0.6 is 0 Å². The first-order valence-corrected chi connectivity index (χ1v) is 7.13. The molecule has 0 aromatic heterocycles. The standard InChI is InChI=1S/C15H21N3O3/c1-10-11(2)14(17-18-16)15(19)21-13(10)9-20-8-12-6-4-3-5-7-12/h3-7,10-11,13-15,19H,8-9H2,1-2H3. The molecular formula is C15H21N3O3. The van der Waals surface area contributed by atoms with Crippen LogP contribution in [0.25, 0.3) is 10.4 Å². The molecule has 0 radical (unpaired) electrons. The van der Waals surface area contributed by atoms with Crippen molar-refractivity contribution in [3.63, 3.8) is 0 Å². The Morgan fingerprint density at radius 2 is 2.00 bits per heavy atom. The van der Waals surface area contributed by atoms with Crippen LogP contribution in [0.4, 0.5) is 0 Å². The van der Waals surface area contributed by atoms with E-state index in [-0.39, 0.29) is 17.9 Å². The Bertz CT molecular complexity index is 490. The lowest BCUT2D eigenvalue weighted by Gasteiger charge is -2.40. The number of nitrogens with zero attached hydrogens (tertiary/aromatic N) is 3. The van der Waals surface area contributed by atoms with Crippen LogP contribution in [0.15, 0.2) is 35.4 Å². The molecule has 0 amide bonds. The summed E-state index contributed by atoms with van der Waals surface area (Å²) in [4.78, 5) is 2.78. The quantitative estimate of drug-likeness (QED) is 0.514. The zero-order chi connectivity index (χ0) is 15.2. The van der Waals surface area contributed by atoms with Crippen molar-refractivity contribution in [2.45, 2.75) is 38.9 Å². The van der Waals surface area contributed by atoms with Crippen LogP contribution < -0.4 is 0 Å². The minimum atomic E-state index is -1.07. The van der Waals surface area contributed by atoms with Gasteiger partial charge in [0.05, 0.1) is 25.4 Å². The smallest absolute Gasteiger partial charge is 0.163 e. The Balaban J connectivity index is 1.88. The SMILES string of the molecule is CC1C(COCc2ccccc2)OC(O)C(N=[N+]=[N-])C1C. The van der Waals surface area contributed by atoms with Gasteiger partial charge in [-0.2, -0.15) is 0 Å². The first-order chi connectivity index (χ1) is 10.1. The van der Waals surface area contributed by atoms with Gasteiger partial charge in [0.15, 0.2) is 6.29 Å². The molecule has 1 N–H and O–H groups in total. The van der Waals surface area contributed by atoms with Crippen LogP contribution in [0.5, 0.6) is 0 Å². The fraction of sp³-hybridized carbons (Fsp3) is 0.600. The van der Waals surface area contributed by atoms with E-state index in [2.05, 4.69) is 10.0 Å². The molecule has 1 aromatic carbocycles. The summed E-state index contributed by atoms with van der Waals surface area (Å²) in [5.41, 5.74) is 9.64. The average molecular weight is 291 g/mol. The molecule has 5 atom stereocenters. The van der Waals surface area contributed by atoms with Gasteiger partial charge >= 0.3 is 0 Å². The van der Waals surface area contributed by atoms with Gasteiger partial charge in [-0.15, -0.1) is 0 Å². The van der Waals surface area contributed by atoms with Crippen molar-refractivity contribution in [2.24, 2.45) is 17.0 Å². The van der Waals surface area contributed by atoms with E-state index in [1.165, 1.54) is 0 Å². The topological polar surface area (TPSA) is 87.5 Å². The third-order valence-corrected chi connectivity index (χ3v) is 4.14. The first-order valence-electron chi connectivity index (χ1n) is 7.13. The highest BCUT2D eigenvalue weighted by atomic mass is 16.6. The van der Waals surface area contributed by atoms with E-state index in [1.807, 2.05) is 44.2 Å². The molecule has 0 spiro atoms. The monoisotopic (exact) mass is 291 g/mol. The molecule has 0 bridgehead atoms. The van der Waals surface area contributed by atoms with Crippen molar-refractivity contribution >= 4 is 0 Å². The number of hydrogen-bond donors (Lipinski definition) is 1. The average Bonchev–Trinajstić information content (AvgIpc) is 2.50. The summed E-state index contributed by atoms with van der Waals surface area (Å²) in [5.74, 6) is 0.176. The second-order valence-corrected chi connectivity index (χ2v) is 5.48. The summed E-state index contributed by atoms with van der Waals surface area (Å²) >= 11 is 0.